The normalized spacial score (nSPS) is 13.5. The van der Waals surface area contributed by atoms with Crippen molar-refractivity contribution in [1.29, 1.82) is 0 Å². The summed E-state index contributed by atoms with van der Waals surface area (Å²) in [7, 11) is -3.89. The first-order valence-corrected chi connectivity index (χ1v) is 6.98. The Morgan fingerprint density at radius 2 is 2.00 bits per heavy atom. The Balaban J connectivity index is 4.08. The summed E-state index contributed by atoms with van der Waals surface area (Å²) in [5.41, 5.74) is 5.63. The number of carbonyl (C=O) groups excluding carboxylic acids is 1. The fourth-order valence-corrected chi connectivity index (χ4v) is 1.85. The summed E-state index contributed by atoms with van der Waals surface area (Å²) in [5.74, 6) is 0. The van der Waals surface area contributed by atoms with Crippen molar-refractivity contribution in [2.24, 2.45) is 5.73 Å². The predicted octanol–water partition coefficient (Wildman–Crippen LogP) is 0.0828. The highest BCUT2D eigenvalue weighted by Gasteiger charge is 2.16. The van der Waals surface area contributed by atoms with E-state index in [1.807, 2.05) is 6.92 Å². The topological polar surface area (TPSA) is 111 Å². The molecule has 0 aliphatic heterocycles. The van der Waals surface area contributed by atoms with Crippen LogP contribution in [0.5, 0.6) is 0 Å². The van der Waals surface area contributed by atoms with Gasteiger partial charge in [0.05, 0.1) is 6.10 Å². The van der Waals surface area contributed by atoms with Crippen molar-refractivity contribution in [2.45, 2.75) is 45.8 Å². The first kappa shape index (κ1) is 16.1. The molecule has 0 aliphatic rings. The van der Waals surface area contributed by atoms with Gasteiger partial charge in [-0.15, -0.1) is 0 Å². The maximum absolute atomic E-state index is 11.4. The van der Waals surface area contributed by atoms with E-state index in [0.717, 1.165) is 6.42 Å². The van der Waals surface area contributed by atoms with E-state index < -0.39 is 16.3 Å². The number of hydrogen-bond acceptors (Lipinski definition) is 5. The first-order chi connectivity index (χ1) is 7.76. The van der Waals surface area contributed by atoms with Crippen molar-refractivity contribution in [3.05, 3.63) is 0 Å². The van der Waals surface area contributed by atoms with Gasteiger partial charge in [0.2, 0.25) is 0 Å². The van der Waals surface area contributed by atoms with Gasteiger partial charge in [-0.3, -0.25) is 0 Å². The highest BCUT2D eigenvalue weighted by molar-refractivity contribution is 7.88. The fourth-order valence-electron chi connectivity index (χ4n) is 1.07. The van der Waals surface area contributed by atoms with Crippen LogP contribution >= 0.6 is 0 Å². The molecule has 0 spiro atoms. The third kappa shape index (κ3) is 8.90. The van der Waals surface area contributed by atoms with Gasteiger partial charge in [-0.1, -0.05) is 13.3 Å². The zero-order valence-corrected chi connectivity index (χ0v) is 11.2. The molecular formula is C9H21N3O4S. The van der Waals surface area contributed by atoms with Crippen LogP contribution in [0, 0.1) is 0 Å². The van der Waals surface area contributed by atoms with E-state index in [0.29, 0.717) is 6.42 Å². The molecule has 0 saturated carbocycles. The molecule has 1 unspecified atom stereocenters. The molecule has 0 fully saturated rings. The molecule has 1 atom stereocenters. The van der Waals surface area contributed by atoms with Crippen LogP contribution in [0.15, 0.2) is 0 Å². The van der Waals surface area contributed by atoms with E-state index in [-0.39, 0.29) is 18.7 Å². The molecule has 0 radical (unpaired) electrons. The Morgan fingerprint density at radius 3 is 2.47 bits per heavy atom. The van der Waals surface area contributed by atoms with Crippen molar-refractivity contribution in [3.8, 4) is 0 Å². The van der Waals surface area contributed by atoms with Crippen molar-refractivity contribution in [2.75, 3.05) is 6.54 Å². The van der Waals surface area contributed by atoms with Gasteiger partial charge < -0.3 is 10.5 Å². The van der Waals surface area contributed by atoms with Gasteiger partial charge in [-0.05, 0) is 20.3 Å². The molecular weight excluding hydrogens is 246 g/mol. The van der Waals surface area contributed by atoms with Gasteiger partial charge in [0, 0.05) is 12.6 Å². The molecule has 0 aromatic rings. The predicted molar refractivity (Wildman–Crippen MR) is 64.6 cm³/mol. The van der Waals surface area contributed by atoms with Crippen molar-refractivity contribution < 1.29 is 17.9 Å². The van der Waals surface area contributed by atoms with E-state index in [4.69, 9.17) is 5.73 Å². The third-order valence-corrected chi connectivity index (χ3v) is 2.74. The van der Waals surface area contributed by atoms with Crippen LogP contribution in [-0.4, -0.2) is 33.2 Å². The Kier molecular flexibility index (Phi) is 7.09. The second-order valence-corrected chi connectivity index (χ2v) is 5.46. The summed E-state index contributed by atoms with van der Waals surface area (Å²) >= 11 is 0. The third-order valence-electron chi connectivity index (χ3n) is 1.76. The van der Waals surface area contributed by atoms with Crippen LogP contribution in [0.4, 0.5) is 4.79 Å². The van der Waals surface area contributed by atoms with E-state index in [1.165, 1.54) is 0 Å². The van der Waals surface area contributed by atoms with E-state index >= 15 is 0 Å². The van der Waals surface area contributed by atoms with E-state index in [1.54, 1.807) is 18.6 Å². The number of hydrogen-bond donors (Lipinski definition) is 3. The Morgan fingerprint density at radius 1 is 1.41 bits per heavy atom. The van der Waals surface area contributed by atoms with Gasteiger partial charge in [-0.2, -0.15) is 13.1 Å². The standard InChI is InChI=1S/C9H21N3O4S/c1-4-5-8(10)6-11-17(14,15)12-9(13)16-7(2)3/h7-8,11H,4-6,10H2,1-3H3,(H,12,13). The Labute approximate surface area is 102 Å². The molecule has 0 saturated heterocycles. The fraction of sp³-hybridized carbons (Fsp3) is 0.889. The molecule has 0 aromatic carbocycles. The van der Waals surface area contributed by atoms with Crippen LogP contribution in [0.1, 0.15) is 33.6 Å². The summed E-state index contributed by atoms with van der Waals surface area (Å²) in [6.45, 7) is 5.28. The average Bonchev–Trinajstić information content (AvgIpc) is 2.13. The van der Waals surface area contributed by atoms with E-state index in [2.05, 4.69) is 9.46 Å². The summed E-state index contributed by atoms with van der Waals surface area (Å²) in [6, 6.07) is -0.266. The SMILES string of the molecule is CCCC(N)CNS(=O)(=O)NC(=O)OC(C)C. The smallest absolute Gasteiger partial charge is 0.422 e. The van der Waals surface area contributed by atoms with Crippen LogP contribution < -0.4 is 15.2 Å². The van der Waals surface area contributed by atoms with Gasteiger partial charge in [0.15, 0.2) is 0 Å². The minimum Gasteiger partial charge on any atom is -0.446 e. The zero-order chi connectivity index (χ0) is 13.5. The molecule has 0 aromatic heterocycles. The van der Waals surface area contributed by atoms with Crippen molar-refractivity contribution >= 4 is 16.3 Å². The molecule has 102 valence electrons. The molecule has 17 heavy (non-hydrogen) atoms. The summed E-state index contributed by atoms with van der Waals surface area (Å²) in [4.78, 5) is 11.1. The molecule has 0 aliphatic carbocycles. The van der Waals surface area contributed by atoms with E-state index in [9.17, 15) is 13.2 Å². The zero-order valence-electron chi connectivity index (χ0n) is 10.4. The molecule has 0 heterocycles. The van der Waals surface area contributed by atoms with Gasteiger partial charge in [0.1, 0.15) is 0 Å². The van der Waals surface area contributed by atoms with Crippen molar-refractivity contribution in [1.82, 2.24) is 9.44 Å². The summed E-state index contributed by atoms with van der Waals surface area (Å²) in [5, 5.41) is 0. The van der Waals surface area contributed by atoms with Crippen molar-refractivity contribution in [3.63, 3.8) is 0 Å². The number of ether oxygens (including phenoxy) is 1. The van der Waals surface area contributed by atoms with Crippen LogP contribution in [0.25, 0.3) is 0 Å². The quantitative estimate of drug-likeness (QED) is 0.605. The molecule has 0 rings (SSSR count). The lowest BCUT2D eigenvalue weighted by Gasteiger charge is -2.13. The molecule has 4 N–H and O–H groups in total. The Bertz CT molecular complexity index is 329. The second-order valence-electron chi connectivity index (χ2n) is 3.96. The minimum absolute atomic E-state index is 0.0815. The Hall–Kier alpha value is -0.860. The number of carbonyl (C=O) groups is 1. The lowest BCUT2D eigenvalue weighted by molar-refractivity contribution is 0.121. The molecule has 8 heteroatoms. The number of rotatable bonds is 7. The maximum Gasteiger partial charge on any atom is 0.422 e. The first-order valence-electron chi connectivity index (χ1n) is 5.50. The molecule has 1 amide bonds. The number of amides is 1. The number of nitrogens with one attached hydrogen (secondary N) is 2. The molecule has 0 bridgehead atoms. The lowest BCUT2D eigenvalue weighted by atomic mass is 10.2. The van der Waals surface area contributed by atoms with Gasteiger partial charge >= 0.3 is 16.3 Å². The van der Waals surface area contributed by atoms with Crippen LogP contribution in [0.3, 0.4) is 0 Å². The number of nitrogens with two attached hydrogens (primary N) is 1. The lowest BCUT2D eigenvalue weighted by Crippen LogP contribution is -2.45. The second kappa shape index (κ2) is 7.46. The highest BCUT2D eigenvalue weighted by atomic mass is 32.2. The van der Waals surface area contributed by atoms with Gasteiger partial charge in [-0.25, -0.2) is 9.52 Å². The highest BCUT2D eigenvalue weighted by Crippen LogP contribution is 1.93. The maximum atomic E-state index is 11.4. The van der Waals surface area contributed by atoms with Crippen LogP contribution in [0.2, 0.25) is 0 Å². The van der Waals surface area contributed by atoms with Gasteiger partial charge in [0.25, 0.3) is 0 Å². The largest absolute Gasteiger partial charge is 0.446 e. The summed E-state index contributed by atoms with van der Waals surface area (Å²) < 4.78 is 31.3. The minimum atomic E-state index is -3.89. The molecule has 7 nitrogen and oxygen atoms in total. The summed E-state index contributed by atoms with van der Waals surface area (Å²) in [6.07, 6.45) is 0.189. The monoisotopic (exact) mass is 267 g/mol. The average molecular weight is 267 g/mol. The van der Waals surface area contributed by atoms with Crippen LogP contribution in [-0.2, 0) is 14.9 Å².